The molecule has 0 aliphatic heterocycles. The van der Waals surface area contributed by atoms with Crippen LogP contribution in [0.4, 0.5) is 0 Å². The second kappa shape index (κ2) is 8.99. The minimum atomic E-state index is -0.0121. The summed E-state index contributed by atoms with van der Waals surface area (Å²) >= 11 is 0. The van der Waals surface area contributed by atoms with E-state index in [1.165, 1.54) is 0 Å². The average Bonchev–Trinajstić information content (AvgIpc) is 2.72. The summed E-state index contributed by atoms with van der Waals surface area (Å²) in [6, 6.07) is 21.9. The molecule has 0 fully saturated rings. The van der Waals surface area contributed by atoms with Crippen LogP contribution in [0.5, 0.6) is 5.75 Å². The van der Waals surface area contributed by atoms with Gasteiger partial charge in [0.1, 0.15) is 5.75 Å². The molecule has 1 atom stereocenters. The number of aryl methyl sites for hydroxylation is 1. The molecule has 4 heteroatoms. The van der Waals surface area contributed by atoms with Gasteiger partial charge in [0.05, 0.1) is 19.3 Å². The van der Waals surface area contributed by atoms with E-state index in [9.17, 15) is 4.79 Å². The van der Waals surface area contributed by atoms with Crippen molar-refractivity contribution in [2.24, 2.45) is 0 Å². The molecule has 1 aromatic heterocycles. The van der Waals surface area contributed by atoms with Crippen LogP contribution in [-0.4, -0.2) is 18.0 Å². The number of methoxy groups -OCH3 is 1. The van der Waals surface area contributed by atoms with Crippen molar-refractivity contribution in [1.82, 2.24) is 10.3 Å². The molecule has 3 aromatic rings. The molecule has 0 bridgehead atoms. The molecule has 1 heterocycles. The summed E-state index contributed by atoms with van der Waals surface area (Å²) in [7, 11) is 1.65. The summed E-state index contributed by atoms with van der Waals surface area (Å²) in [5, 5.41) is 3.01. The van der Waals surface area contributed by atoms with E-state index in [0.29, 0.717) is 13.0 Å². The van der Waals surface area contributed by atoms with Crippen molar-refractivity contribution in [3.8, 4) is 5.75 Å². The van der Waals surface area contributed by atoms with Crippen molar-refractivity contribution in [3.63, 3.8) is 0 Å². The maximum atomic E-state index is 12.6. The van der Waals surface area contributed by atoms with Crippen LogP contribution in [0.3, 0.4) is 0 Å². The zero-order chi connectivity index (χ0) is 19.1. The normalized spacial score (nSPS) is 11.6. The first-order valence-corrected chi connectivity index (χ1v) is 9.03. The molecule has 4 nitrogen and oxygen atoms in total. The lowest BCUT2D eigenvalue weighted by Crippen LogP contribution is -2.25. The van der Waals surface area contributed by atoms with Crippen LogP contribution in [0, 0.1) is 6.92 Å². The minimum absolute atomic E-state index is 0.00437. The maximum absolute atomic E-state index is 12.6. The Balaban J connectivity index is 1.74. The Morgan fingerprint density at radius 3 is 2.37 bits per heavy atom. The van der Waals surface area contributed by atoms with Crippen molar-refractivity contribution in [3.05, 3.63) is 95.3 Å². The van der Waals surface area contributed by atoms with Crippen LogP contribution in [0.2, 0.25) is 0 Å². The van der Waals surface area contributed by atoms with E-state index in [0.717, 1.165) is 28.1 Å². The Hall–Kier alpha value is -3.14. The van der Waals surface area contributed by atoms with Crippen LogP contribution in [0.25, 0.3) is 0 Å². The number of hydrogen-bond acceptors (Lipinski definition) is 3. The van der Waals surface area contributed by atoms with E-state index in [1.807, 2.05) is 61.5 Å². The Labute approximate surface area is 160 Å². The van der Waals surface area contributed by atoms with Gasteiger partial charge in [0.2, 0.25) is 5.91 Å². The number of nitrogens with one attached hydrogen (secondary N) is 1. The number of pyridine rings is 1. The molecule has 27 heavy (non-hydrogen) atoms. The predicted octanol–water partition coefficient (Wildman–Crippen LogP) is 4.24. The number of ether oxygens (including phenoxy) is 1. The zero-order valence-electron chi connectivity index (χ0n) is 15.7. The molecule has 2 aromatic carbocycles. The van der Waals surface area contributed by atoms with E-state index in [4.69, 9.17) is 4.74 Å². The highest BCUT2D eigenvalue weighted by Crippen LogP contribution is 2.29. The number of rotatable bonds is 7. The summed E-state index contributed by atoms with van der Waals surface area (Å²) in [4.78, 5) is 17.0. The van der Waals surface area contributed by atoms with Crippen LogP contribution in [0.15, 0.2) is 72.9 Å². The SMILES string of the molecule is COc1ccc([C@@H](CC(=O)NCc2ncccc2C)c2ccccc2)cc1. The van der Waals surface area contributed by atoms with Gasteiger partial charge < -0.3 is 10.1 Å². The van der Waals surface area contributed by atoms with Crippen molar-refractivity contribution in [2.45, 2.75) is 25.8 Å². The van der Waals surface area contributed by atoms with Gasteiger partial charge in [-0.3, -0.25) is 9.78 Å². The monoisotopic (exact) mass is 360 g/mol. The van der Waals surface area contributed by atoms with Gasteiger partial charge in [0.15, 0.2) is 0 Å². The van der Waals surface area contributed by atoms with Crippen LogP contribution in [-0.2, 0) is 11.3 Å². The Morgan fingerprint density at radius 2 is 1.70 bits per heavy atom. The number of carbonyl (C=O) groups is 1. The van der Waals surface area contributed by atoms with Crippen LogP contribution < -0.4 is 10.1 Å². The molecular weight excluding hydrogens is 336 g/mol. The lowest BCUT2D eigenvalue weighted by molar-refractivity contribution is -0.121. The fraction of sp³-hybridized carbons (Fsp3) is 0.217. The fourth-order valence-electron chi connectivity index (χ4n) is 3.09. The Bertz CT molecular complexity index is 876. The van der Waals surface area contributed by atoms with Crippen molar-refractivity contribution in [2.75, 3.05) is 7.11 Å². The number of carbonyl (C=O) groups excluding carboxylic acids is 1. The molecule has 0 spiro atoms. The van der Waals surface area contributed by atoms with E-state index >= 15 is 0 Å². The van der Waals surface area contributed by atoms with Crippen molar-refractivity contribution >= 4 is 5.91 Å². The average molecular weight is 360 g/mol. The summed E-state index contributed by atoms with van der Waals surface area (Å²) in [5.41, 5.74) is 4.18. The summed E-state index contributed by atoms with van der Waals surface area (Å²) < 4.78 is 5.25. The lowest BCUT2D eigenvalue weighted by atomic mass is 9.88. The van der Waals surface area contributed by atoms with Gasteiger partial charge in [-0.15, -0.1) is 0 Å². The smallest absolute Gasteiger partial charge is 0.221 e. The molecule has 1 N–H and O–H groups in total. The molecular formula is C23H24N2O2. The third kappa shape index (κ3) is 4.94. The minimum Gasteiger partial charge on any atom is -0.497 e. The number of amides is 1. The number of nitrogens with zero attached hydrogens (tertiary/aromatic N) is 1. The quantitative estimate of drug-likeness (QED) is 0.686. The standard InChI is InChI=1S/C23H24N2O2/c1-17-7-6-14-24-22(17)16-25-23(26)15-21(18-8-4-3-5-9-18)19-10-12-20(27-2)13-11-19/h3-14,21H,15-16H2,1-2H3,(H,25,26)/t21-/m0/s1. The summed E-state index contributed by atoms with van der Waals surface area (Å²) in [6.07, 6.45) is 2.13. The fourth-order valence-corrected chi connectivity index (χ4v) is 3.09. The van der Waals surface area contributed by atoms with Crippen LogP contribution >= 0.6 is 0 Å². The van der Waals surface area contributed by atoms with Gasteiger partial charge >= 0.3 is 0 Å². The zero-order valence-corrected chi connectivity index (χ0v) is 15.7. The van der Waals surface area contributed by atoms with E-state index in [-0.39, 0.29) is 11.8 Å². The molecule has 0 saturated heterocycles. The molecule has 0 unspecified atom stereocenters. The molecule has 0 aliphatic rings. The van der Waals surface area contributed by atoms with Crippen molar-refractivity contribution < 1.29 is 9.53 Å². The second-order valence-corrected chi connectivity index (χ2v) is 6.48. The largest absolute Gasteiger partial charge is 0.497 e. The van der Waals surface area contributed by atoms with E-state index < -0.39 is 0 Å². The third-order valence-corrected chi connectivity index (χ3v) is 4.68. The molecule has 0 saturated carbocycles. The Kier molecular flexibility index (Phi) is 6.21. The molecule has 138 valence electrons. The van der Waals surface area contributed by atoms with E-state index in [1.54, 1.807) is 13.3 Å². The van der Waals surface area contributed by atoms with Gasteiger partial charge in [-0.2, -0.15) is 0 Å². The lowest BCUT2D eigenvalue weighted by Gasteiger charge is -2.18. The van der Waals surface area contributed by atoms with Crippen LogP contribution in [0.1, 0.15) is 34.7 Å². The van der Waals surface area contributed by atoms with Gasteiger partial charge in [-0.1, -0.05) is 48.5 Å². The number of benzene rings is 2. The topological polar surface area (TPSA) is 51.2 Å². The first-order valence-electron chi connectivity index (χ1n) is 9.03. The highest BCUT2D eigenvalue weighted by molar-refractivity contribution is 5.77. The van der Waals surface area contributed by atoms with Gasteiger partial charge in [-0.25, -0.2) is 0 Å². The molecule has 3 rings (SSSR count). The summed E-state index contributed by atoms with van der Waals surface area (Å²) in [6.45, 7) is 2.44. The van der Waals surface area contributed by atoms with E-state index in [2.05, 4.69) is 22.4 Å². The maximum Gasteiger partial charge on any atom is 0.221 e. The first kappa shape index (κ1) is 18.6. The highest BCUT2D eigenvalue weighted by atomic mass is 16.5. The number of aromatic nitrogens is 1. The Morgan fingerprint density at radius 1 is 1.00 bits per heavy atom. The third-order valence-electron chi connectivity index (χ3n) is 4.68. The second-order valence-electron chi connectivity index (χ2n) is 6.48. The number of hydrogen-bond donors (Lipinski definition) is 1. The molecule has 0 aliphatic carbocycles. The highest BCUT2D eigenvalue weighted by Gasteiger charge is 2.18. The van der Waals surface area contributed by atoms with Gasteiger partial charge in [0, 0.05) is 18.5 Å². The molecule has 1 amide bonds. The predicted molar refractivity (Wildman–Crippen MR) is 107 cm³/mol. The molecule has 0 radical (unpaired) electrons. The van der Waals surface area contributed by atoms with Crippen molar-refractivity contribution in [1.29, 1.82) is 0 Å². The first-order chi connectivity index (χ1) is 13.2. The van der Waals surface area contributed by atoms with Gasteiger partial charge in [0.25, 0.3) is 0 Å². The summed E-state index contributed by atoms with van der Waals surface area (Å²) in [5.74, 6) is 0.798. The van der Waals surface area contributed by atoms with Gasteiger partial charge in [-0.05, 0) is 41.8 Å².